The Labute approximate surface area is 136 Å². The van der Waals surface area contributed by atoms with E-state index in [1.807, 2.05) is 32.9 Å². The van der Waals surface area contributed by atoms with Gasteiger partial charge in [0.25, 0.3) is 0 Å². The number of nitrogens with one attached hydrogen (secondary N) is 1. The molecule has 1 aromatic rings. The number of carbonyl (C=O) groups is 2. The maximum atomic E-state index is 12.7. The van der Waals surface area contributed by atoms with Crippen molar-refractivity contribution in [3.63, 3.8) is 0 Å². The lowest BCUT2D eigenvalue weighted by molar-refractivity contribution is -0.148. The number of ether oxygens (including phenoxy) is 1. The van der Waals surface area contributed by atoms with Crippen molar-refractivity contribution in [2.75, 3.05) is 0 Å². The van der Waals surface area contributed by atoms with Crippen LogP contribution in [0.3, 0.4) is 0 Å². The molecule has 0 unspecified atom stereocenters. The molecule has 3 rings (SSSR count). The first kappa shape index (κ1) is 16.0. The van der Waals surface area contributed by atoms with E-state index in [0.717, 1.165) is 29.5 Å². The second kappa shape index (κ2) is 5.96. The molecule has 0 spiro atoms. The highest BCUT2D eigenvalue weighted by molar-refractivity contribution is 5.86. The topological polar surface area (TPSA) is 75.6 Å². The molecule has 0 aliphatic carbocycles. The molecule has 1 aromatic carbocycles. The molecule has 2 N–H and O–H groups in total. The Morgan fingerprint density at radius 2 is 1.87 bits per heavy atom. The van der Waals surface area contributed by atoms with Crippen molar-refractivity contribution in [1.82, 2.24) is 5.32 Å². The molecule has 1 amide bonds. The third-order valence-corrected chi connectivity index (χ3v) is 5.12. The molecule has 0 radical (unpaired) electrons. The van der Waals surface area contributed by atoms with Crippen LogP contribution in [-0.2, 0) is 14.3 Å². The molecule has 0 aromatic heterocycles. The monoisotopic (exact) mass is 317 g/mol. The smallest absolute Gasteiger partial charge is 0.310 e. The zero-order valence-electron chi connectivity index (χ0n) is 13.7. The third kappa shape index (κ3) is 2.85. The first-order valence-corrected chi connectivity index (χ1v) is 8.14. The Morgan fingerprint density at radius 3 is 2.52 bits per heavy atom. The summed E-state index contributed by atoms with van der Waals surface area (Å²) in [5.74, 6) is -2.45. The van der Waals surface area contributed by atoms with E-state index in [4.69, 9.17) is 4.74 Å². The normalized spacial score (nSPS) is 30.2. The van der Waals surface area contributed by atoms with E-state index in [-0.39, 0.29) is 24.2 Å². The van der Waals surface area contributed by atoms with Gasteiger partial charge in [-0.1, -0.05) is 23.8 Å². The summed E-state index contributed by atoms with van der Waals surface area (Å²) in [6, 6.07) is 5.98. The van der Waals surface area contributed by atoms with Crippen molar-refractivity contribution in [3.8, 4) is 0 Å². The summed E-state index contributed by atoms with van der Waals surface area (Å²) in [6.07, 6.45) is 0.929. The van der Waals surface area contributed by atoms with Gasteiger partial charge in [-0.3, -0.25) is 9.59 Å². The fourth-order valence-corrected chi connectivity index (χ4v) is 3.94. The minimum atomic E-state index is -0.934. The molecule has 2 aliphatic rings. The van der Waals surface area contributed by atoms with Crippen LogP contribution in [0.2, 0.25) is 0 Å². The summed E-state index contributed by atoms with van der Waals surface area (Å²) in [6.45, 7) is 5.96. The van der Waals surface area contributed by atoms with Crippen LogP contribution in [0.1, 0.15) is 42.5 Å². The first-order valence-electron chi connectivity index (χ1n) is 8.14. The van der Waals surface area contributed by atoms with E-state index in [9.17, 15) is 14.7 Å². The Kier molecular flexibility index (Phi) is 4.15. The fourth-order valence-electron chi connectivity index (χ4n) is 3.94. The minimum Gasteiger partial charge on any atom is -0.481 e. The number of carboxylic acids is 1. The van der Waals surface area contributed by atoms with Gasteiger partial charge in [-0.25, -0.2) is 0 Å². The number of carboxylic acid groups (broad SMARTS) is 1. The Hall–Kier alpha value is -1.88. The molecule has 2 bridgehead atoms. The van der Waals surface area contributed by atoms with Gasteiger partial charge in [0.1, 0.15) is 0 Å². The van der Waals surface area contributed by atoms with Crippen molar-refractivity contribution >= 4 is 11.9 Å². The standard InChI is InChI=1S/C18H23NO4/c1-9-4-5-10(2)12(8-9)11(3)19-17(20)15-13-6-7-14(23-13)16(15)18(21)22/h4-5,8,11,13-16H,6-7H2,1-3H3,(H,19,20)(H,21,22)/t11-,13-,14+,15+,16-/m0/s1. The lowest BCUT2D eigenvalue weighted by Crippen LogP contribution is -2.44. The van der Waals surface area contributed by atoms with Gasteiger partial charge in [0.05, 0.1) is 30.1 Å². The van der Waals surface area contributed by atoms with Gasteiger partial charge in [-0.2, -0.15) is 0 Å². The van der Waals surface area contributed by atoms with Gasteiger partial charge in [0, 0.05) is 0 Å². The quantitative estimate of drug-likeness (QED) is 0.894. The Morgan fingerprint density at radius 1 is 1.22 bits per heavy atom. The maximum absolute atomic E-state index is 12.7. The van der Waals surface area contributed by atoms with Crippen LogP contribution in [0.25, 0.3) is 0 Å². The summed E-state index contributed by atoms with van der Waals surface area (Å²) < 4.78 is 5.67. The SMILES string of the molecule is Cc1ccc(C)c([C@H](C)NC(=O)[C@H]2[C@@H](C(=O)O)[C@H]3CC[C@@H]2O3)c1. The largest absolute Gasteiger partial charge is 0.481 e. The van der Waals surface area contributed by atoms with Crippen LogP contribution in [-0.4, -0.2) is 29.2 Å². The van der Waals surface area contributed by atoms with Crippen molar-refractivity contribution in [1.29, 1.82) is 0 Å². The summed E-state index contributed by atoms with van der Waals surface area (Å²) in [5, 5.41) is 12.4. The van der Waals surface area contributed by atoms with E-state index in [1.54, 1.807) is 0 Å². The molecule has 2 fully saturated rings. The number of amides is 1. The van der Waals surface area contributed by atoms with Gasteiger partial charge in [0.15, 0.2) is 0 Å². The number of hydrogen-bond acceptors (Lipinski definition) is 3. The average Bonchev–Trinajstić information content (AvgIpc) is 3.10. The van der Waals surface area contributed by atoms with E-state index >= 15 is 0 Å². The summed E-state index contributed by atoms with van der Waals surface area (Å²) in [7, 11) is 0. The fraction of sp³-hybridized carbons (Fsp3) is 0.556. The number of carbonyl (C=O) groups excluding carboxylic acids is 1. The van der Waals surface area contributed by atoms with Crippen LogP contribution < -0.4 is 5.32 Å². The molecule has 5 atom stereocenters. The van der Waals surface area contributed by atoms with Crippen LogP contribution in [0.5, 0.6) is 0 Å². The number of aryl methyl sites for hydroxylation is 2. The average molecular weight is 317 g/mol. The highest BCUT2D eigenvalue weighted by Crippen LogP contribution is 2.43. The van der Waals surface area contributed by atoms with Gasteiger partial charge < -0.3 is 15.2 Å². The molecule has 5 nitrogen and oxygen atoms in total. The van der Waals surface area contributed by atoms with Gasteiger partial charge in [-0.05, 0) is 44.7 Å². The van der Waals surface area contributed by atoms with Gasteiger partial charge in [-0.15, -0.1) is 0 Å². The molecular formula is C18H23NO4. The lowest BCUT2D eigenvalue weighted by Gasteiger charge is -2.26. The number of hydrogen-bond donors (Lipinski definition) is 2. The zero-order valence-corrected chi connectivity index (χ0v) is 13.7. The minimum absolute atomic E-state index is 0.157. The third-order valence-electron chi connectivity index (χ3n) is 5.12. The van der Waals surface area contributed by atoms with Crippen molar-refractivity contribution in [2.45, 2.75) is 51.9 Å². The van der Waals surface area contributed by atoms with E-state index in [2.05, 4.69) is 11.4 Å². The van der Waals surface area contributed by atoms with Crippen molar-refractivity contribution < 1.29 is 19.4 Å². The summed E-state index contributed by atoms with van der Waals surface area (Å²) >= 11 is 0. The number of rotatable bonds is 4. The second-order valence-corrected chi connectivity index (χ2v) is 6.77. The molecule has 2 heterocycles. The predicted molar refractivity (Wildman–Crippen MR) is 85.0 cm³/mol. The maximum Gasteiger partial charge on any atom is 0.310 e. The van der Waals surface area contributed by atoms with Crippen LogP contribution in [0.15, 0.2) is 18.2 Å². The lowest BCUT2D eigenvalue weighted by atomic mass is 9.78. The second-order valence-electron chi connectivity index (χ2n) is 6.77. The first-order chi connectivity index (χ1) is 10.9. The number of aliphatic carboxylic acids is 1. The van der Waals surface area contributed by atoms with E-state index < -0.39 is 17.8 Å². The molecule has 23 heavy (non-hydrogen) atoms. The summed E-state index contributed by atoms with van der Waals surface area (Å²) in [5.41, 5.74) is 3.31. The Balaban J connectivity index is 1.76. The molecule has 5 heteroatoms. The number of benzene rings is 1. The highest BCUT2D eigenvalue weighted by atomic mass is 16.5. The van der Waals surface area contributed by atoms with Gasteiger partial charge >= 0.3 is 5.97 Å². The molecule has 0 saturated carbocycles. The van der Waals surface area contributed by atoms with Gasteiger partial charge in [0.2, 0.25) is 5.91 Å². The Bertz CT molecular complexity index is 642. The molecule has 2 saturated heterocycles. The van der Waals surface area contributed by atoms with Crippen molar-refractivity contribution in [3.05, 3.63) is 34.9 Å². The molecule has 124 valence electrons. The van der Waals surface area contributed by atoms with Crippen molar-refractivity contribution in [2.24, 2.45) is 11.8 Å². The molecular weight excluding hydrogens is 294 g/mol. The highest BCUT2D eigenvalue weighted by Gasteiger charge is 2.55. The van der Waals surface area contributed by atoms with Crippen LogP contribution >= 0.6 is 0 Å². The summed E-state index contributed by atoms with van der Waals surface area (Å²) in [4.78, 5) is 24.2. The zero-order chi connectivity index (χ0) is 16.7. The van der Waals surface area contributed by atoms with Crippen LogP contribution in [0.4, 0.5) is 0 Å². The van der Waals surface area contributed by atoms with E-state index in [0.29, 0.717) is 0 Å². The van der Waals surface area contributed by atoms with E-state index in [1.165, 1.54) is 0 Å². The molecule has 2 aliphatic heterocycles. The predicted octanol–water partition coefficient (Wildman–Crippen LogP) is 2.36. The number of fused-ring (bicyclic) bond motifs is 2. The van der Waals surface area contributed by atoms with Crippen LogP contribution in [0, 0.1) is 25.7 Å².